The molecular formula is C28H31NO5S. The number of carbonyl (C=O) groups is 2. The Bertz CT molecular complexity index is 1190. The van der Waals surface area contributed by atoms with Gasteiger partial charge in [0.15, 0.2) is 17.3 Å². The highest BCUT2D eigenvalue weighted by Crippen LogP contribution is 2.47. The van der Waals surface area contributed by atoms with Crippen molar-refractivity contribution in [3.8, 4) is 11.5 Å². The van der Waals surface area contributed by atoms with Crippen molar-refractivity contribution >= 4 is 23.1 Å². The van der Waals surface area contributed by atoms with E-state index in [1.54, 1.807) is 25.6 Å². The van der Waals surface area contributed by atoms with Crippen LogP contribution in [-0.4, -0.2) is 32.1 Å². The first-order valence-corrected chi connectivity index (χ1v) is 13.1. The maximum atomic E-state index is 13.7. The lowest BCUT2D eigenvalue weighted by molar-refractivity contribution is -0.144. The Labute approximate surface area is 210 Å². The number of hydrogen-bond acceptors (Lipinski definition) is 7. The van der Waals surface area contributed by atoms with Crippen molar-refractivity contribution in [3.05, 3.63) is 68.7 Å². The molecule has 7 heteroatoms. The Balaban J connectivity index is 1.49. The lowest BCUT2D eigenvalue weighted by atomic mass is 9.73. The van der Waals surface area contributed by atoms with Gasteiger partial charge < -0.3 is 19.5 Å². The van der Waals surface area contributed by atoms with Gasteiger partial charge in [0, 0.05) is 28.3 Å². The van der Waals surface area contributed by atoms with Crippen LogP contribution in [0.3, 0.4) is 0 Å². The summed E-state index contributed by atoms with van der Waals surface area (Å²) in [4.78, 5) is 28.1. The second-order valence-electron chi connectivity index (χ2n) is 9.46. The minimum Gasteiger partial charge on any atom is -0.493 e. The number of rotatable bonds is 6. The molecule has 0 saturated heterocycles. The molecule has 2 heterocycles. The van der Waals surface area contributed by atoms with Crippen LogP contribution in [-0.2, 0) is 14.3 Å². The second kappa shape index (κ2) is 9.90. The van der Waals surface area contributed by atoms with Crippen LogP contribution in [0.4, 0.5) is 0 Å². The number of Topliss-reactive ketones (excluding diaryl/α,β-unsaturated/α-hetero) is 1. The van der Waals surface area contributed by atoms with E-state index in [-0.39, 0.29) is 29.7 Å². The molecule has 2 atom stereocenters. The molecule has 0 radical (unpaired) electrons. The SMILES string of the molecule is COc1ccc([C@@H]2CC(=O)C3=C(C2)NC(C)=C(C(=O)OC2CCCC2)[C@@H]3c2cccs2)cc1OC. The largest absolute Gasteiger partial charge is 0.493 e. The molecule has 184 valence electrons. The molecule has 1 aromatic carbocycles. The number of methoxy groups -OCH3 is 2. The molecular weight excluding hydrogens is 462 g/mol. The van der Waals surface area contributed by atoms with E-state index in [1.807, 2.05) is 42.6 Å². The predicted octanol–water partition coefficient (Wildman–Crippen LogP) is 5.61. The van der Waals surface area contributed by atoms with Crippen molar-refractivity contribution in [2.45, 2.75) is 63.4 Å². The van der Waals surface area contributed by atoms with Gasteiger partial charge in [0.2, 0.25) is 0 Å². The number of esters is 1. The molecule has 1 aromatic heterocycles. The number of allylic oxidation sites excluding steroid dienone is 3. The molecule has 1 fully saturated rings. The maximum absolute atomic E-state index is 13.7. The van der Waals surface area contributed by atoms with E-state index in [0.29, 0.717) is 35.5 Å². The molecule has 0 spiro atoms. The number of hydrogen-bond donors (Lipinski definition) is 1. The minimum absolute atomic E-state index is 0.0114. The zero-order valence-corrected chi connectivity index (χ0v) is 21.2. The summed E-state index contributed by atoms with van der Waals surface area (Å²) in [6.07, 6.45) is 5.03. The smallest absolute Gasteiger partial charge is 0.337 e. The Morgan fingerprint density at radius 2 is 1.83 bits per heavy atom. The molecule has 0 amide bonds. The zero-order valence-electron chi connectivity index (χ0n) is 20.4. The third-order valence-corrected chi connectivity index (χ3v) is 8.27. The summed E-state index contributed by atoms with van der Waals surface area (Å²) in [5, 5.41) is 5.43. The zero-order chi connectivity index (χ0) is 24.5. The van der Waals surface area contributed by atoms with Gasteiger partial charge in [-0.1, -0.05) is 12.1 Å². The molecule has 3 aliphatic rings. The topological polar surface area (TPSA) is 73.9 Å². The number of ketones is 1. The third-order valence-electron chi connectivity index (χ3n) is 7.33. The van der Waals surface area contributed by atoms with Crippen molar-refractivity contribution in [2.24, 2.45) is 0 Å². The summed E-state index contributed by atoms with van der Waals surface area (Å²) in [6.45, 7) is 1.92. The summed E-state index contributed by atoms with van der Waals surface area (Å²) in [6, 6.07) is 9.81. The minimum atomic E-state index is -0.390. The average molecular weight is 494 g/mol. The van der Waals surface area contributed by atoms with Crippen molar-refractivity contribution in [3.63, 3.8) is 0 Å². The molecule has 2 aromatic rings. The second-order valence-corrected chi connectivity index (χ2v) is 10.4. The fraction of sp³-hybridized carbons (Fsp3) is 0.429. The molecule has 35 heavy (non-hydrogen) atoms. The molecule has 0 bridgehead atoms. The lowest BCUT2D eigenvalue weighted by Crippen LogP contribution is -2.36. The van der Waals surface area contributed by atoms with Gasteiger partial charge in [-0.05, 0) is 74.1 Å². The van der Waals surface area contributed by atoms with Gasteiger partial charge in [-0.25, -0.2) is 4.79 Å². The van der Waals surface area contributed by atoms with E-state index in [2.05, 4.69) is 5.32 Å². The van der Waals surface area contributed by atoms with Gasteiger partial charge >= 0.3 is 5.97 Å². The van der Waals surface area contributed by atoms with Crippen molar-refractivity contribution in [1.29, 1.82) is 0 Å². The number of nitrogens with one attached hydrogen (secondary N) is 1. The molecule has 2 aliphatic carbocycles. The van der Waals surface area contributed by atoms with Gasteiger partial charge in [-0.3, -0.25) is 4.79 Å². The molecule has 1 saturated carbocycles. The molecule has 0 unspecified atom stereocenters. The number of benzene rings is 1. The van der Waals surface area contributed by atoms with Crippen LogP contribution in [0.5, 0.6) is 11.5 Å². The van der Waals surface area contributed by atoms with E-state index in [0.717, 1.165) is 47.5 Å². The third kappa shape index (κ3) is 4.49. The Hall–Kier alpha value is -3.06. The summed E-state index contributed by atoms with van der Waals surface area (Å²) >= 11 is 1.57. The van der Waals surface area contributed by atoms with Crippen molar-refractivity contribution in [2.75, 3.05) is 14.2 Å². The van der Waals surface area contributed by atoms with Gasteiger partial charge in [-0.15, -0.1) is 11.3 Å². The highest BCUT2D eigenvalue weighted by molar-refractivity contribution is 7.10. The first-order chi connectivity index (χ1) is 17.0. The average Bonchev–Trinajstić information content (AvgIpc) is 3.57. The standard InChI is InChI=1S/C28H31NO5S/c1-16-25(28(31)34-19-7-4-5-8-19)27(24-9-6-12-35-24)26-20(29-16)13-18(14-21(26)30)17-10-11-22(32-2)23(15-17)33-3/h6,9-12,15,18-19,27,29H,4-5,7-8,13-14H2,1-3H3/t18-,27-/m0/s1. The van der Waals surface area contributed by atoms with E-state index in [9.17, 15) is 9.59 Å². The van der Waals surface area contributed by atoms with Crippen LogP contribution in [0.25, 0.3) is 0 Å². The molecule has 6 nitrogen and oxygen atoms in total. The van der Waals surface area contributed by atoms with Crippen molar-refractivity contribution in [1.82, 2.24) is 5.32 Å². The van der Waals surface area contributed by atoms with E-state index < -0.39 is 0 Å². The Kier molecular flexibility index (Phi) is 6.69. The first-order valence-electron chi connectivity index (χ1n) is 12.2. The Morgan fingerprint density at radius 3 is 2.51 bits per heavy atom. The van der Waals surface area contributed by atoms with Crippen molar-refractivity contribution < 1.29 is 23.8 Å². The van der Waals surface area contributed by atoms with Gasteiger partial charge in [-0.2, -0.15) is 0 Å². The van der Waals surface area contributed by atoms with Crippen LogP contribution in [0.2, 0.25) is 0 Å². The predicted molar refractivity (Wildman–Crippen MR) is 135 cm³/mol. The number of carbonyl (C=O) groups excluding carboxylic acids is 2. The normalized spacial score (nSPS) is 22.7. The highest BCUT2D eigenvalue weighted by atomic mass is 32.1. The van der Waals surface area contributed by atoms with E-state index >= 15 is 0 Å². The van der Waals surface area contributed by atoms with E-state index in [1.165, 1.54) is 0 Å². The fourth-order valence-corrected chi connectivity index (χ4v) is 6.46. The summed E-state index contributed by atoms with van der Waals surface area (Å²) in [5.41, 5.74) is 3.97. The highest BCUT2D eigenvalue weighted by Gasteiger charge is 2.42. The van der Waals surface area contributed by atoms with Crippen LogP contribution in [0.15, 0.2) is 58.3 Å². The summed E-state index contributed by atoms with van der Waals surface area (Å²) in [5.74, 6) is 0.697. The summed E-state index contributed by atoms with van der Waals surface area (Å²) in [7, 11) is 3.22. The monoisotopic (exact) mass is 493 g/mol. The maximum Gasteiger partial charge on any atom is 0.337 e. The van der Waals surface area contributed by atoms with E-state index in [4.69, 9.17) is 14.2 Å². The van der Waals surface area contributed by atoms with Crippen LogP contribution < -0.4 is 14.8 Å². The Morgan fingerprint density at radius 1 is 1.06 bits per heavy atom. The fourth-order valence-electron chi connectivity index (χ4n) is 5.61. The summed E-state index contributed by atoms with van der Waals surface area (Å²) < 4.78 is 16.8. The molecule has 1 N–H and O–H groups in total. The van der Waals surface area contributed by atoms with Crippen LogP contribution in [0.1, 0.15) is 67.7 Å². The quantitative estimate of drug-likeness (QED) is 0.527. The number of dihydropyridines is 1. The van der Waals surface area contributed by atoms with Gasteiger partial charge in [0.1, 0.15) is 6.10 Å². The lowest BCUT2D eigenvalue weighted by Gasteiger charge is -2.36. The first kappa shape index (κ1) is 23.7. The van der Waals surface area contributed by atoms with Crippen LogP contribution >= 0.6 is 11.3 Å². The van der Waals surface area contributed by atoms with Gasteiger partial charge in [0.25, 0.3) is 0 Å². The number of ether oxygens (including phenoxy) is 3. The van der Waals surface area contributed by atoms with Crippen LogP contribution in [0, 0.1) is 0 Å². The number of thiophene rings is 1. The molecule has 1 aliphatic heterocycles. The van der Waals surface area contributed by atoms with Gasteiger partial charge in [0.05, 0.1) is 25.7 Å². The molecule has 5 rings (SSSR count).